The zero-order valence-electron chi connectivity index (χ0n) is 10.9. The number of nitrogens with one attached hydrogen (secondary N) is 3. The lowest BCUT2D eigenvalue weighted by atomic mass is 10.2. The standard InChI is InChI=1S/C11H11ClN6O2.ClH/c1-7-8(12)3-2-4-9(7)18-16-11(20-17-18)15-10(19)14-6-5-13;/h2-4,17H,6H2,1H3,(H2,14,15,16,19);1H. The Labute approximate surface area is 132 Å². The molecule has 0 radical (unpaired) electrons. The fraction of sp³-hybridized carbons (Fsp3) is 0.182. The van der Waals surface area contributed by atoms with Gasteiger partial charge in [-0.15, -0.1) is 12.4 Å². The Morgan fingerprint density at radius 2 is 2.38 bits per heavy atom. The molecule has 2 amide bonds. The van der Waals surface area contributed by atoms with Crippen molar-refractivity contribution in [3.05, 3.63) is 28.8 Å². The molecule has 0 aliphatic carbocycles. The molecule has 0 atom stereocenters. The zero-order chi connectivity index (χ0) is 14.5. The lowest BCUT2D eigenvalue weighted by Gasteiger charge is -2.14. The largest absolute Gasteiger partial charge is 0.347 e. The van der Waals surface area contributed by atoms with Gasteiger partial charge in [0.1, 0.15) is 6.54 Å². The first-order valence-electron chi connectivity index (χ1n) is 5.60. The van der Waals surface area contributed by atoms with Gasteiger partial charge in [0, 0.05) is 5.02 Å². The molecule has 1 aliphatic heterocycles. The van der Waals surface area contributed by atoms with Crippen molar-refractivity contribution in [1.29, 1.82) is 5.26 Å². The Balaban J connectivity index is 0.00000220. The predicted molar refractivity (Wildman–Crippen MR) is 79.7 cm³/mol. The smallest absolute Gasteiger partial charge is 0.338 e. The molecule has 0 unspecified atom stereocenters. The predicted octanol–water partition coefficient (Wildman–Crippen LogP) is 1.42. The Kier molecular flexibility index (Phi) is 6.05. The number of hydrogen-bond acceptors (Lipinski definition) is 6. The lowest BCUT2D eigenvalue weighted by Crippen LogP contribution is -2.40. The Morgan fingerprint density at radius 3 is 3.10 bits per heavy atom. The van der Waals surface area contributed by atoms with Crippen molar-refractivity contribution in [2.45, 2.75) is 6.92 Å². The number of amides is 2. The van der Waals surface area contributed by atoms with Crippen LogP contribution in [-0.4, -0.2) is 18.6 Å². The van der Waals surface area contributed by atoms with Gasteiger partial charge < -0.3 is 10.2 Å². The van der Waals surface area contributed by atoms with Crippen molar-refractivity contribution < 1.29 is 9.63 Å². The molecule has 112 valence electrons. The maximum Gasteiger partial charge on any atom is 0.338 e. The molecule has 2 rings (SSSR count). The SMILES string of the molecule is Cc1c(Cl)cccc1N1N=C(NC(=O)NCC#N)ON1.Cl. The Morgan fingerprint density at radius 1 is 1.62 bits per heavy atom. The summed E-state index contributed by atoms with van der Waals surface area (Å²) in [5.74, 6) is 0. The fourth-order valence-corrected chi connectivity index (χ4v) is 1.63. The van der Waals surface area contributed by atoms with Gasteiger partial charge in [-0.05, 0) is 30.2 Å². The van der Waals surface area contributed by atoms with E-state index >= 15 is 0 Å². The number of amidine groups is 1. The van der Waals surface area contributed by atoms with E-state index in [9.17, 15) is 4.79 Å². The Bertz CT molecular complexity index is 601. The molecule has 0 saturated carbocycles. The third kappa shape index (κ3) is 4.13. The third-order valence-electron chi connectivity index (χ3n) is 2.44. The highest BCUT2D eigenvalue weighted by Crippen LogP contribution is 2.26. The highest BCUT2D eigenvalue weighted by atomic mass is 35.5. The molecule has 0 spiro atoms. The topological polar surface area (TPSA) is 102 Å². The van der Waals surface area contributed by atoms with Crippen LogP contribution in [0.25, 0.3) is 0 Å². The van der Waals surface area contributed by atoms with E-state index in [4.69, 9.17) is 21.7 Å². The van der Waals surface area contributed by atoms with Crippen LogP contribution in [-0.2, 0) is 4.84 Å². The van der Waals surface area contributed by atoms with E-state index in [1.807, 2.05) is 6.92 Å². The summed E-state index contributed by atoms with van der Waals surface area (Å²) in [7, 11) is 0. The molecular weight excluding hydrogens is 319 g/mol. The summed E-state index contributed by atoms with van der Waals surface area (Å²) >= 11 is 6.02. The van der Waals surface area contributed by atoms with Gasteiger partial charge in [0.05, 0.1) is 11.8 Å². The van der Waals surface area contributed by atoms with Crippen LogP contribution in [0, 0.1) is 18.3 Å². The molecule has 0 saturated heterocycles. The van der Waals surface area contributed by atoms with Gasteiger partial charge >= 0.3 is 12.1 Å². The number of carbonyl (C=O) groups excluding carboxylic acids is 1. The van der Waals surface area contributed by atoms with Gasteiger partial charge in [-0.3, -0.25) is 5.32 Å². The van der Waals surface area contributed by atoms with Gasteiger partial charge in [-0.2, -0.15) is 10.4 Å². The fourth-order valence-electron chi connectivity index (χ4n) is 1.46. The molecule has 8 nitrogen and oxygen atoms in total. The molecule has 10 heteroatoms. The minimum Gasteiger partial charge on any atom is -0.347 e. The number of hydrazone groups is 1. The van der Waals surface area contributed by atoms with Gasteiger partial charge in [0.2, 0.25) is 0 Å². The van der Waals surface area contributed by atoms with Crippen molar-refractivity contribution >= 4 is 41.7 Å². The number of nitriles is 1. The Hall–Kier alpha value is -2.21. The van der Waals surface area contributed by atoms with Crippen LogP contribution in [0.1, 0.15) is 5.56 Å². The van der Waals surface area contributed by atoms with E-state index in [1.165, 1.54) is 5.12 Å². The van der Waals surface area contributed by atoms with E-state index in [0.29, 0.717) is 10.7 Å². The summed E-state index contributed by atoms with van der Waals surface area (Å²) in [4.78, 5) is 16.3. The van der Waals surface area contributed by atoms with Crippen LogP contribution < -0.4 is 21.3 Å². The third-order valence-corrected chi connectivity index (χ3v) is 2.84. The van der Waals surface area contributed by atoms with Crippen molar-refractivity contribution in [3.63, 3.8) is 0 Å². The number of hydrogen-bond donors (Lipinski definition) is 3. The number of halogens is 2. The van der Waals surface area contributed by atoms with Crippen molar-refractivity contribution in [2.24, 2.45) is 5.10 Å². The number of benzene rings is 1. The van der Waals surface area contributed by atoms with Crippen molar-refractivity contribution in [1.82, 2.24) is 16.2 Å². The average Bonchev–Trinajstić information content (AvgIpc) is 2.88. The summed E-state index contributed by atoms with van der Waals surface area (Å²) in [5, 5.41) is 18.9. The second-order valence-corrected chi connectivity index (χ2v) is 4.17. The molecule has 1 aromatic rings. The molecule has 1 aliphatic rings. The number of carbonyl (C=O) groups is 1. The molecular formula is C11H12Cl2N6O2. The molecule has 0 bridgehead atoms. The second-order valence-electron chi connectivity index (χ2n) is 3.76. The van der Waals surface area contributed by atoms with Crippen molar-refractivity contribution in [3.8, 4) is 6.07 Å². The first-order chi connectivity index (χ1) is 9.61. The van der Waals surface area contributed by atoms with Crippen LogP contribution in [0.5, 0.6) is 0 Å². The highest BCUT2D eigenvalue weighted by Gasteiger charge is 2.20. The van der Waals surface area contributed by atoms with Crippen LogP contribution in [0.2, 0.25) is 5.02 Å². The summed E-state index contributed by atoms with van der Waals surface area (Å²) in [6.07, 6.45) is 0. The van der Waals surface area contributed by atoms with Gasteiger partial charge in [-0.1, -0.05) is 22.8 Å². The summed E-state index contributed by atoms with van der Waals surface area (Å²) < 4.78 is 0. The quantitative estimate of drug-likeness (QED) is 0.712. The first-order valence-corrected chi connectivity index (χ1v) is 5.97. The highest BCUT2D eigenvalue weighted by molar-refractivity contribution is 6.31. The molecule has 0 aromatic heterocycles. The second kappa shape index (κ2) is 7.54. The van der Waals surface area contributed by atoms with Crippen molar-refractivity contribution in [2.75, 3.05) is 11.7 Å². The molecule has 21 heavy (non-hydrogen) atoms. The number of anilines is 1. The van der Waals surface area contributed by atoms with Crippen LogP contribution in [0.15, 0.2) is 23.3 Å². The van der Waals surface area contributed by atoms with Gasteiger partial charge in [0.25, 0.3) is 0 Å². The lowest BCUT2D eigenvalue weighted by molar-refractivity contribution is 0.191. The van der Waals surface area contributed by atoms with Gasteiger partial charge in [0.15, 0.2) is 0 Å². The molecule has 3 N–H and O–H groups in total. The number of rotatable bonds is 2. The average molecular weight is 331 g/mol. The number of nitrogens with zero attached hydrogens (tertiary/aromatic N) is 3. The molecule has 1 heterocycles. The number of hydrazine groups is 1. The molecule has 1 aromatic carbocycles. The van der Waals surface area contributed by atoms with Crippen LogP contribution in [0.3, 0.4) is 0 Å². The van der Waals surface area contributed by atoms with E-state index in [1.54, 1.807) is 24.3 Å². The van der Waals surface area contributed by atoms with Gasteiger partial charge in [-0.25, -0.2) is 4.79 Å². The summed E-state index contributed by atoms with van der Waals surface area (Å²) in [6.45, 7) is 1.73. The van der Waals surface area contributed by atoms with Crippen LogP contribution in [0.4, 0.5) is 10.5 Å². The summed E-state index contributed by atoms with van der Waals surface area (Å²) in [6, 6.07) is 6.47. The maximum absolute atomic E-state index is 11.3. The number of urea groups is 1. The first kappa shape index (κ1) is 16.8. The minimum atomic E-state index is -0.586. The normalized spacial score (nSPS) is 12.6. The van der Waals surface area contributed by atoms with E-state index < -0.39 is 6.03 Å². The maximum atomic E-state index is 11.3. The minimum absolute atomic E-state index is 0. The van der Waals surface area contributed by atoms with E-state index in [2.05, 4.69) is 21.3 Å². The zero-order valence-corrected chi connectivity index (χ0v) is 12.5. The molecule has 0 fully saturated rings. The summed E-state index contributed by atoms with van der Waals surface area (Å²) in [5.41, 5.74) is 4.01. The van der Waals surface area contributed by atoms with E-state index in [-0.39, 0.29) is 25.0 Å². The monoisotopic (exact) mass is 330 g/mol. The van der Waals surface area contributed by atoms with E-state index in [0.717, 1.165) is 5.56 Å². The van der Waals surface area contributed by atoms with Crippen LogP contribution >= 0.6 is 24.0 Å².